The maximum absolute atomic E-state index is 12.3. The summed E-state index contributed by atoms with van der Waals surface area (Å²) in [4.78, 5) is 16.6. The second-order valence-corrected chi connectivity index (χ2v) is 7.86. The highest BCUT2D eigenvalue weighted by Gasteiger charge is 2.38. The molecule has 1 heterocycles. The Kier molecular flexibility index (Phi) is 5.93. The van der Waals surface area contributed by atoms with Crippen LogP contribution in [0.3, 0.4) is 0 Å². The molecule has 1 amide bonds. The average Bonchev–Trinajstić information content (AvgIpc) is 3.52. The Morgan fingerprint density at radius 1 is 1.04 bits per heavy atom. The molecule has 5 nitrogen and oxygen atoms in total. The molecule has 4 rings (SSSR count). The van der Waals surface area contributed by atoms with Crippen molar-refractivity contribution in [3.8, 4) is 5.75 Å². The molecule has 2 fully saturated rings. The lowest BCUT2D eigenvalue weighted by molar-refractivity contribution is -0.131. The van der Waals surface area contributed by atoms with Gasteiger partial charge in [-0.3, -0.25) is 4.79 Å². The van der Waals surface area contributed by atoms with Gasteiger partial charge in [0, 0.05) is 38.1 Å². The van der Waals surface area contributed by atoms with Crippen molar-refractivity contribution >= 4 is 5.91 Å². The van der Waals surface area contributed by atoms with E-state index < -0.39 is 0 Å². The Morgan fingerprint density at radius 2 is 1.75 bits per heavy atom. The quantitative estimate of drug-likeness (QED) is 0.803. The zero-order valence-electron chi connectivity index (χ0n) is 16.5. The largest absolute Gasteiger partial charge is 0.489 e. The standard InChI is InChI=1S/C23H29N3O2/c1-25-11-13-26(14-12-25)23(27)16-24-22-15-21(22)19-7-9-20(10-8-19)28-17-18-5-3-2-4-6-18/h2-10,21-22,24H,11-17H2,1H3/t21?,22-/m1/s1. The monoisotopic (exact) mass is 379 g/mol. The minimum absolute atomic E-state index is 0.225. The fraction of sp³-hybridized carbons (Fsp3) is 0.435. The van der Waals surface area contributed by atoms with E-state index >= 15 is 0 Å². The first-order valence-corrected chi connectivity index (χ1v) is 10.2. The smallest absolute Gasteiger partial charge is 0.236 e. The van der Waals surface area contributed by atoms with Gasteiger partial charge in [0.05, 0.1) is 6.54 Å². The molecular formula is C23H29N3O2. The molecule has 1 saturated carbocycles. The third-order valence-corrected chi connectivity index (χ3v) is 5.72. The first-order chi connectivity index (χ1) is 13.7. The summed E-state index contributed by atoms with van der Waals surface area (Å²) < 4.78 is 5.86. The van der Waals surface area contributed by atoms with Crippen LogP contribution in [0.1, 0.15) is 23.5 Å². The molecule has 1 saturated heterocycles. The van der Waals surface area contributed by atoms with Crippen molar-refractivity contribution in [2.24, 2.45) is 0 Å². The summed E-state index contributed by atoms with van der Waals surface area (Å²) in [7, 11) is 2.10. The number of benzene rings is 2. The van der Waals surface area contributed by atoms with Crippen molar-refractivity contribution < 1.29 is 9.53 Å². The van der Waals surface area contributed by atoms with Crippen molar-refractivity contribution in [3.05, 3.63) is 65.7 Å². The second-order valence-electron chi connectivity index (χ2n) is 7.86. The van der Waals surface area contributed by atoms with Crippen LogP contribution in [0.4, 0.5) is 0 Å². The van der Waals surface area contributed by atoms with E-state index in [1.54, 1.807) is 0 Å². The maximum atomic E-state index is 12.3. The molecule has 148 valence electrons. The Morgan fingerprint density at radius 3 is 2.46 bits per heavy atom. The number of hydrogen-bond donors (Lipinski definition) is 1. The molecule has 1 unspecified atom stereocenters. The molecule has 0 spiro atoms. The van der Waals surface area contributed by atoms with Crippen LogP contribution in [-0.2, 0) is 11.4 Å². The van der Waals surface area contributed by atoms with Crippen LogP contribution in [0.15, 0.2) is 54.6 Å². The van der Waals surface area contributed by atoms with E-state index in [4.69, 9.17) is 4.74 Å². The predicted molar refractivity (Wildman–Crippen MR) is 110 cm³/mol. The van der Waals surface area contributed by atoms with E-state index in [2.05, 4.69) is 41.5 Å². The van der Waals surface area contributed by atoms with Gasteiger partial charge in [-0.15, -0.1) is 0 Å². The highest BCUT2D eigenvalue weighted by atomic mass is 16.5. The number of piperazine rings is 1. The highest BCUT2D eigenvalue weighted by molar-refractivity contribution is 5.78. The minimum Gasteiger partial charge on any atom is -0.489 e. The molecule has 0 aromatic heterocycles. The lowest BCUT2D eigenvalue weighted by Crippen LogP contribution is -2.49. The van der Waals surface area contributed by atoms with Crippen molar-refractivity contribution in [3.63, 3.8) is 0 Å². The van der Waals surface area contributed by atoms with Crippen LogP contribution in [0.5, 0.6) is 5.75 Å². The van der Waals surface area contributed by atoms with Gasteiger partial charge in [-0.05, 0) is 36.7 Å². The SMILES string of the molecule is CN1CCN(C(=O)CN[C@@H]2CC2c2ccc(OCc3ccccc3)cc2)CC1. The normalized spacial score (nSPS) is 22.1. The number of nitrogens with zero attached hydrogens (tertiary/aromatic N) is 2. The van der Waals surface area contributed by atoms with Crippen molar-refractivity contribution in [2.45, 2.75) is 25.0 Å². The van der Waals surface area contributed by atoms with Gasteiger partial charge in [-0.1, -0.05) is 42.5 Å². The van der Waals surface area contributed by atoms with Gasteiger partial charge in [0.1, 0.15) is 12.4 Å². The van der Waals surface area contributed by atoms with Crippen LogP contribution in [0.25, 0.3) is 0 Å². The maximum Gasteiger partial charge on any atom is 0.236 e. The Labute approximate surface area is 167 Å². The van der Waals surface area contributed by atoms with E-state index in [-0.39, 0.29) is 5.91 Å². The Balaban J connectivity index is 1.20. The molecule has 2 aromatic rings. The summed E-state index contributed by atoms with van der Waals surface area (Å²) in [5, 5.41) is 3.44. The second kappa shape index (κ2) is 8.76. The third-order valence-electron chi connectivity index (χ3n) is 5.72. The number of rotatable bonds is 7. The van der Waals surface area contributed by atoms with Gasteiger partial charge in [0.15, 0.2) is 0 Å². The van der Waals surface area contributed by atoms with Crippen LogP contribution in [0, 0.1) is 0 Å². The first kappa shape index (κ1) is 19.0. The van der Waals surface area contributed by atoms with Crippen molar-refractivity contribution in [2.75, 3.05) is 39.8 Å². The minimum atomic E-state index is 0.225. The highest BCUT2D eigenvalue weighted by Crippen LogP contribution is 2.41. The molecule has 1 aliphatic heterocycles. The predicted octanol–water partition coefficient (Wildman–Crippen LogP) is 2.49. The molecule has 28 heavy (non-hydrogen) atoms. The van der Waals surface area contributed by atoms with Crippen LogP contribution < -0.4 is 10.1 Å². The zero-order chi connectivity index (χ0) is 19.3. The number of carbonyl (C=O) groups excluding carboxylic acids is 1. The fourth-order valence-electron chi connectivity index (χ4n) is 3.73. The summed E-state index contributed by atoms with van der Waals surface area (Å²) >= 11 is 0. The molecule has 2 aliphatic rings. The van der Waals surface area contributed by atoms with E-state index in [1.807, 2.05) is 35.2 Å². The summed E-state index contributed by atoms with van der Waals surface area (Å²) in [6.45, 7) is 4.66. The summed E-state index contributed by atoms with van der Waals surface area (Å²) in [6, 6.07) is 19.0. The number of carbonyl (C=O) groups is 1. The van der Waals surface area contributed by atoms with Crippen molar-refractivity contribution in [1.29, 1.82) is 0 Å². The van der Waals surface area contributed by atoms with E-state index in [9.17, 15) is 4.79 Å². The average molecular weight is 380 g/mol. The lowest BCUT2D eigenvalue weighted by Gasteiger charge is -2.32. The van der Waals surface area contributed by atoms with Crippen molar-refractivity contribution in [1.82, 2.24) is 15.1 Å². The molecular weight excluding hydrogens is 350 g/mol. The third kappa shape index (κ3) is 4.91. The van der Waals surface area contributed by atoms with Gasteiger partial charge in [-0.25, -0.2) is 0 Å². The van der Waals surface area contributed by atoms with Gasteiger partial charge >= 0.3 is 0 Å². The molecule has 2 atom stereocenters. The number of likely N-dealkylation sites (N-methyl/N-ethyl adjacent to an activating group) is 1. The molecule has 5 heteroatoms. The summed E-state index contributed by atoms with van der Waals surface area (Å²) in [6.07, 6.45) is 1.10. The Hall–Kier alpha value is -2.37. The molecule has 1 N–H and O–H groups in total. The number of nitrogens with one attached hydrogen (secondary N) is 1. The van der Waals surface area contributed by atoms with Crippen LogP contribution in [0.2, 0.25) is 0 Å². The number of amides is 1. The Bertz CT molecular complexity index is 770. The number of hydrogen-bond acceptors (Lipinski definition) is 4. The van der Waals surface area contributed by atoms with E-state index in [1.165, 1.54) is 11.1 Å². The van der Waals surface area contributed by atoms with Gasteiger partial charge in [0.2, 0.25) is 5.91 Å². The van der Waals surface area contributed by atoms with E-state index in [0.717, 1.165) is 38.3 Å². The molecule has 2 aromatic carbocycles. The molecule has 0 radical (unpaired) electrons. The van der Waals surface area contributed by atoms with Gasteiger partial charge in [0.25, 0.3) is 0 Å². The van der Waals surface area contributed by atoms with E-state index in [0.29, 0.717) is 25.1 Å². The molecule has 1 aliphatic carbocycles. The summed E-state index contributed by atoms with van der Waals surface area (Å²) in [5.74, 6) is 1.62. The first-order valence-electron chi connectivity index (χ1n) is 10.2. The lowest BCUT2D eigenvalue weighted by atomic mass is 10.1. The van der Waals surface area contributed by atoms with Gasteiger partial charge in [-0.2, -0.15) is 0 Å². The topological polar surface area (TPSA) is 44.8 Å². The van der Waals surface area contributed by atoms with Gasteiger partial charge < -0.3 is 19.9 Å². The van der Waals surface area contributed by atoms with Crippen LogP contribution in [-0.4, -0.2) is 61.5 Å². The molecule has 0 bridgehead atoms. The number of ether oxygens (including phenoxy) is 1. The zero-order valence-corrected chi connectivity index (χ0v) is 16.5. The van der Waals surface area contributed by atoms with Crippen LogP contribution >= 0.6 is 0 Å². The fourth-order valence-corrected chi connectivity index (χ4v) is 3.73. The summed E-state index contributed by atoms with van der Waals surface area (Å²) in [5.41, 5.74) is 2.49.